The zero-order valence-corrected chi connectivity index (χ0v) is 14.6. The van der Waals surface area contributed by atoms with Crippen molar-refractivity contribution in [2.45, 2.75) is 11.8 Å². The second-order valence-corrected chi connectivity index (χ2v) is 7.05. The maximum atomic E-state index is 12.1. The van der Waals surface area contributed by atoms with Crippen LogP contribution in [0.25, 0.3) is 0 Å². The number of carbonyl (C=O) groups is 1. The Morgan fingerprint density at radius 3 is 2.50 bits per heavy atom. The first-order chi connectivity index (χ1) is 10.3. The number of sulfonamides is 1. The number of halogens is 2. The van der Waals surface area contributed by atoms with Crippen molar-refractivity contribution < 1.29 is 17.9 Å². The topological polar surface area (TPSA) is 75.7 Å². The normalized spacial score (nSPS) is 11.5. The van der Waals surface area contributed by atoms with Crippen LogP contribution in [-0.4, -0.2) is 52.6 Å². The third-order valence-electron chi connectivity index (χ3n) is 2.89. The number of methoxy groups -OCH3 is 1. The lowest BCUT2D eigenvalue weighted by Crippen LogP contribution is -2.39. The minimum Gasteiger partial charge on any atom is -0.383 e. The van der Waals surface area contributed by atoms with Gasteiger partial charge in [0.15, 0.2) is 0 Å². The predicted octanol–water partition coefficient (Wildman–Crippen LogP) is 1.77. The standard InChI is InChI=1S/C13H18Cl2N2O4S/c1-10(18)17(7-8-21-2)6-5-16-22(19,20)11-3-4-12(14)13(15)9-11/h3-4,9,16H,5-8H2,1-2H3. The van der Waals surface area contributed by atoms with Crippen molar-refractivity contribution in [3.63, 3.8) is 0 Å². The fourth-order valence-corrected chi connectivity index (χ4v) is 3.08. The molecule has 9 heteroatoms. The fourth-order valence-electron chi connectivity index (χ4n) is 1.67. The summed E-state index contributed by atoms with van der Waals surface area (Å²) < 4.78 is 31.6. The van der Waals surface area contributed by atoms with Crippen molar-refractivity contribution in [2.75, 3.05) is 33.4 Å². The van der Waals surface area contributed by atoms with Gasteiger partial charge in [-0.25, -0.2) is 13.1 Å². The molecule has 1 aromatic rings. The second kappa shape index (κ2) is 8.69. The van der Waals surface area contributed by atoms with E-state index in [1.54, 1.807) is 0 Å². The van der Waals surface area contributed by atoms with Crippen molar-refractivity contribution >= 4 is 39.1 Å². The van der Waals surface area contributed by atoms with Crippen molar-refractivity contribution in [1.82, 2.24) is 9.62 Å². The van der Waals surface area contributed by atoms with Gasteiger partial charge in [-0.15, -0.1) is 0 Å². The summed E-state index contributed by atoms with van der Waals surface area (Å²) in [4.78, 5) is 12.9. The predicted molar refractivity (Wildman–Crippen MR) is 85.8 cm³/mol. The van der Waals surface area contributed by atoms with E-state index < -0.39 is 10.0 Å². The molecule has 0 aliphatic rings. The van der Waals surface area contributed by atoms with Gasteiger partial charge < -0.3 is 9.64 Å². The summed E-state index contributed by atoms with van der Waals surface area (Å²) in [5.74, 6) is -0.147. The van der Waals surface area contributed by atoms with Crippen LogP contribution < -0.4 is 4.72 Å². The number of hydrogen-bond acceptors (Lipinski definition) is 4. The summed E-state index contributed by atoms with van der Waals surface area (Å²) in [5.41, 5.74) is 0. The molecule has 0 saturated carbocycles. The average Bonchev–Trinajstić information content (AvgIpc) is 2.45. The van der Waals surface area contributed by atoms with Gasteiger partial charge >= 0.3 is 0 Å². The van der Waals surface area contributed by atoms with E-state index in [1.807, 2.05) is 0 Å². The van der Waals surface area contributed by atoms with Crippen molar-refractivity contribution in [2.24, 2.45) is 0 Å². The number of nitrogens with zero attached hydrogens (tertiary/aromatic N) is 1. The Bertz CT molecular complexity index is 622. The lowest BCUT2D eigenvalue weighted by atomic mass is 10.4. The Morgan fingerprint density at radius 2 is 1.95 bits per heavy atom. The molecule has 1 rings (SSSR count). The summed E-state index contributed by atoms with van der Waals surface area (Å²) in [6, 6.07) is 4.06. The van der Waals surface area contributed by atoms with Crippen LogP contribution in [-0.2, 0) is 19.6 Å². The van der Waals surface area contributed by atoms with E-state index in [-0.39, 0.29) is 33.9 Å². The van der Waals surface area contributed by atoms with Crippen LogP contribution in [0.5, 0.6) is 0 Å². The molecule has 0 aromatic heterocycles. The smallest absolute Gasteiger partial charge is 0.240 e. The summed E-state index contributed by atoms with van der Waals surface area (Å²) in [6.07, 6.45) is 0. The zero-order chi connectivity index (χ0) is 16.8. The maximum Gasteiger partial charge on any atom is 0.240 e. The molecule has 0 bridgehead atoms. The van der Waals surface area contributed by atoms with Crippen LogP contribution in [0.2, 0.25) is 10.0 Å². The molecule has 0 aliphatic carbocycles. The highest BCUT2D eigenvalue weighted by atomic mass is 35.5. The van der Waals surface area contributed by atoms with E-state index >= 15 is 0 Å². The lowest BCUT2D eigenvalue weighted by Gasteiger charge is -2.20. The van der Waals surface area contributed by atoms with E-state index in [1.165, 1.54) is 37.1 Å². The lowest BCUT2D eigenvalue weighted by molar-refractivity contribution is -0.129. The van der Waals surface area contributed by atoms with E-state index in [0.717, 1.165) is 0 Å². The Morgan fingerprint density at radius 1 is 1.27 bits per heavy atom. The third-order valence-corrected chi connectivity index (χ3v) is 5.08. The Balaban J connectivity index is 2.65. The molecule has 22 heavy (non-hydrogen) atoms. The van der Waals surface area contributed by atoms with E-state index in [9.17, 15) is 13.2 Å². The number of hydrogen-bond donors (Lipinski definition) is 1. The second-order valence-electron chi connectivity index (χ2n) is 4.47. The highest BCUT2D eigenvalue weighted by molar-refractivity contribution is 7.89. The molecule has 124 valence electrons. The Kier molecular flexibility index (Phi) is 7.58. The zero-order valence-electron chi connectivity index (χ0n) is 12.3. The van der Waals surface area contributed by atoms with Gasteiger partial charge in [0, 0.05) is 33.7 Å². The van der Waals surface area contributed by atoms with Crippen molar-refractivity contribution in [3.8, 4) is 0 Å². The summed E-state index contributed by atoms with van der Waals surface area (Å²) in [5, 5.41) is 0.443. The molecule has 0 fully saturated rings. The third kappa shape index (κ3) is 5.73. The van der Waals surface area contributed by atoms with Gasteiger partial charge in [0.2, 0.25) is 15.9 Å². The first-order valence-electron chi connectivity index (χ1n) is 6.47. The highest BCUT2D eigenvalue weighted by Gasteiger charge is 2.16. The fraction of sp³-hybridized carbons (Fsp3) is 0.462. The van der Waals surface area contributed by atoms with Gasteiger partial charge in [0.1, 0.15) is 0 Å². The van der Waals surface area contributed by atoms with Gasteiger partial charge in [-0.05, 0) is 18.2 Å². The molecule has 0 heterocycles. The molecule has 6 nitrogen and oxygen atoms in total. The minimum atomic E-state index is -3.70. The SMILES string of the molecule is COCCN(CCNS(=O)(=O)c1ccc(Cl)c(Cl)c1)C(C)=O. The summed E-state index contributed by atoms with van der Waals surface area (Å²) in [6.45, 7) is 2.55. The Labute approximate surface area is 140 Å². The number of nitrogens with one attached hydrogen (secondary N) is 1. The van der Waals surface area contributed by atoms with Gasteiger partial charge in [-0.2, -0.15) is 0 Å². The number of rotatable bonds is 8. The quantitative estimate of drug-likeness (QED) is 0.758. The maximum absolute atomic E-state index is 12.1. The van der Waals surface area contributed by atoms with Crippen LogP contribution in [0.1, 0.15) is 6.92 Å². The van der Waals surface area contributed by atoms with Crippen LogP contribution in [0.3, 0.4) is 0 Å². The van der Waals surface area contributed by atoms with Gasteiger partial charge in [0.25, 0.3) is 0 Å². The molecular formula is C13H18Cl2N2O4S. The molecule has 1 amide bonds. The first-order valence-corrected chi connectivity index (χ1v) is 8.71. The molecule has 0 aliphatic heterocycles. The number of ether oxygens (including phenoxy) is 1. The van der Waals surface area contributed by atoms with Gasteiger partial charge in [0.05, 0.1) is 21.5 Å². The van der Waals surface area contributed by atoms with Crippen molar-refractivity contribution in [3.05, 3.63) is 28.2 Å². The summed E-state index contributed by atoms with van der Waals surface area (Å²) in [7, 11) is -2.17. The number of carbonyl (C=O) groups excluding carboxylic acids is 1. The summed E-state index contributed by atoms with van der Waals surface area (Å²) >= 11 is 11.6. The molecule has 1 aromatic carbocycles. The van der Waals surface area contributed by atoms with Crippen LogP contribution in [0.4, 0.5) is 0 Å². The van der Waals surface area contributed by atoms with E-state index in [2.05, 4.69) is 4.72 Å². The Hall–Kier alpha value is -0.860. The molecule has 0 spiro atoms. The van der Waals surface area contributed by atoms with Crippen LogP contribution in [0, 0.1) is 0 Å². The van der Waals surface area contributed by atoms with Crippen LogP contribution >= 0.6 is 23.2 Å². The largest absolute Gasteiger partial charge is 0.383 e. The first kappa shape index (κ1) is 19.2. The minimum absolute atomic E-state index is 0.0215. The average molecular weight is 369 g/mol. The molecule has 1 N–H and O–H groups in total. The van der Waals surface area contributed by atoms with Crippen molar-refractivity contribution in [1.29, 1.82) is 0 Å². The van der Waals surface area contributed by atoms with Gasteiger partial charge in [-0.3, -0.25) is 4.79 Å². The highest BCUT2D eigenvalue weighted by Crippen LogP contribution is 2.24. The number of amides is 1. The van der Waals surface area contributed by atoms with E-state index in [0.29, 0.717) is 13.2 Å². The molecule has 0 saturated heterocycles. The monoisotopic (exact) mass is 368 g/mol. The number of benzene rings is 1. The van der Waals surface area contributed by atoms with E-state index in [4.69, 9.17) is 27.9 Å². The van der Waals surface area contributed by atoms with Gasteiger partial charge in [-0.1, -0.05) is 23.2 Å². The molecule has 0 unspecified atom stereocenters. The molecular weight excluding hydrogens is 351 g/mol. The molecule has 0 atom stereocenters. The van der Waals surface area contributed by atoms with Crippen LogP contribution in [0.15, 0.2) is 23.1 Å². The molecule has 0 radical (unpaired) electrons.